The smallest absolute Gasteiger partial charge is 0.178 e. The zero-order chi connectivity index (χ0) is 9.87. The predicted molar refractivity (Wildman–Crippen MR) is 51.7 cm³/mol. The van der Waals surface area contributed by atoms with Crippen molar-refractivity contribution in [1.29, 1.82) is 0 Å². The molecule has 0 aromatic heterocycles. The molecule has 4 atom stereocenters. The normalized spacial score (nSPS) is 44.2. The quantitative estimate of drug-likeness (QED) is 0.568. The van der Waals surface area contributed by atoms with Gasteiger partial charge in [-0.3, -0.25) is 9.59 Å². The summed E-state index contributed by atoms with van der Waals surface area (Å²) in [5.74, 6) is 0.269. The average Bonchev–Trinajstić information content (AvgIpc) is 2.73. The summed E-state index contributed by atoms with van der Waals surface area (Å²) in [6, 6.07) is 0. The van der Waals surface area contributed by atoms with E-state index < -0.39 is 0 Å². The van der Waals surface area contributed by atoms with Crippen LogP contribution in [-0.2, 0) is 9.59 Å². The molecule has 1 fully saturated rings. The van der Waals surface area contributed by atoms with E-state index in [1.165, 1.54) is 6.08 Å². The second-order valence-corrected chi connectivity index (χ2v) is 4.67. The molecular weight excluding hydrogens is 200 g/mol. The SMILES string of the molecule is O=C1C=C(Cl)C(=O)[C@H]2[C@H]1[C@H]1C=C[C@H]2C1. The maximum Gasteiger partial charge on any atom is 0.178 e. The van der Waals surface area contributed by atoms with Gasteiger partial charge in [-0.2, -0.15) is 0 Å². The van der Waals surface area contributed by atoms with E-state index in [0.717, 1.165) is 6.42 Å². The van der Waals surface area contributed by atoms with Crippen molar-refractivity contribution in [3.05, 3.63) is 23.3 Å². The molecule has 0 spiro atoms. The molecule has 72 valence electrons. The number of ketones is 2. The van der Waals surface area contributed by atoms with E-state index in [9.17, 15) is 9.59 Å². The summed E-state index contributed by atoms with van der Waals surface area (Å²) >= 11 is 5.73. The van der Waals surface area contributed by atoms with Gasteiger partial charge in [-0.25, -0.2) is 0 Å². The summed E-state index contributed by atoms with van der Waals surface area (Å²) < 4.78 is 0. The molecule has 0 radical (unpaired) electrons. The van der Waals surface area contributed by atoms with Crippen LogP contribution in [0.1, 0.15) is 6.42 Å². The molecule has 2 bridgehead atoms. The van der Waals surface area contributed by atoms with Crippen molar-refractivity contribution >= 4 is 23.2 Å². The standard InChI is InChI=1S/C11H9ClO2/c12-7-4-8(13)9-5-1-2-6(3-5)10(9)11(7)14/h1-2,4-6,9-10H,3H2/t5-,6-,9-,10+/m0/s1. The molecule has 0 heterocycles. The Labute approximate surface area is 86.6 Å². The van der Waals surface area contributed by atoms with Crippen molar-refractivity contribution in [2.45, 2.75) is 6.42 Å². The fraction of sp³-hybridized carbons (Fsp3) is 0.455. The van der Waals surface area contributed by atoms with Gasteiger partial charge in [0, 0.05) is 17.9 Å². The Balaban J connectivity index is 2.10. The molecule has 0 aliphatic heterocycles. The summed E-state index contributed by atoms with van der Waals surface area (Å²) in [6.45, 7) is 0. The van der Waals surface area contributed by atoms with Crippen LogP contribution < -0.4 is 0 Å². The van der Waals surface area contributed by atoms with E-state index in [0.29, 0.717) is 0 Å². The molecule has 3 aliphatic rings. The number of hydrogen-bond donors (Lipinski definition) is 0. The number of rotatable bonds is 0. The number of carbonyl (C=O) groups is 2. The first-order valence-electron chi connectivity index (χ1n) is 4.82. The van der Waals surface area contributed by atoms with E-state index in [1.54, 1.807) is 0 Å². The lowest BCUT2D eigenvalue weighted by atomic mass is 9.75. The molecule has 2 nitrogen and oxygen atoms in total. The van der Waals surface area contributed by atoms with Crippen molar-refractivity contribution < 1.29 is 9.59 Å². The van der Waals surface area contributed by atoms with Crippen molar-refractivity contribution in [2.24, 2.45) is 23.7 Å². The van der Waals surface area contributed by atoms with E-state index in [1.807, 2.05) is 0 Å². The number of allylic oxidation sites excluding steroid dienone is 4. The van der Waals surface area contributed by atoms with Crippen LogP contribution >= 0.6 is 11.6 Å². The molecule has 3 heteroatoms. The van der Waals surface area contributed by atoms with E-state index in [4.69, 9.17) is 11.6 Å². The van der Waals surface area contributed by atoms with E-state index >= 15 is 0 Å². The second-order valence-electron chi connectivity index (χ2n) is 4.26. The highest BCUT2D eigenvalue weighted by atomic mass is 35.5. The lowest BCUT2D eigenvalue weighted by molar-refractivity contribution is -0.129. The summed E-state index contributed by atoms with van der Waals surface area (Å²) in [4.78, 5) is 23.4. The Morgan fingerprint density at radius 3 is 2.50 bits per heavy atom. The number of hydrogen-bond acceptors (Lipinski definition) is 2. The van der Waals surface area contributed by atoms with Crippen molar-refractivity contribution in [1.82, 2.24) is 0 Å². The van der Waals surface area contributed by atoms with Crippen LogP contribution in [0.15, 0.2) is 23.3 Å². The lowest BCUT2D eigenvalue weighted by Crippen LogP contribution is -2.36. The average molecular weight is 209 g/mol. The molecule has 0 N–H and O–H groups in total. The third-order valence-electron chi connectivity index (χ3n) is 3.59. The molecule has 0 unspecified atom stereocenters. The molecule has 0 amide bonds. The summed E-state index contributed by atoms with van der Waals surface area (Å²) in [6.07, 6.45) is 6.39. The first-order chi connectivity index (χ1) is 6.68. The van der Waals surface area contributed by atoms with Gasteiger partial charge in [0.25, 0.3) is 0 Å². The van der Waals surface area contributed by atoms with Gasteiger partial charge in [-0.05, 0) is 18.3 Å². The number of halogens is 1. The minimum Gasteiger partial charge on any atom is -0.294 e. The Morgan fingerprint density at radius 2 is 1.79 bits per heavy atom. The van der Waals surface area contributed by atoms with Gasteiger partial charge in [0.05, 0.1) is 5.03 Å². The van der Waals surface area contributed by atoms with Crippen LogP contribution in [0.4, 0.5) is 0 Å². The molecule has 1 saturated carbocycles. The first kappa shape index (κ1) is 8.42. The largest absolute Gasteiger partial charge is 0.294 e. The molecule has 0 aromatic carbocycles. The highest BCUT2D eigenvalue weighted by Gasteiger charge is 2.52. The van der Waals surface area contributed by atoms with Gasteiger partial charge < -0.3 is 0 Å². The van der Waals surface area contributed by atoms with Crippen LogP contribution in [-0.4, -0.2) is 11.6 Å². The Hall–Kier alpha value is -0.890. The van der Waals surface area contributed by atoms with Crippen LogP contribution in [0.25, 0.3) is 0 Å². The van der Waals surface area contributed by atoms with Gasteiger partial charge >= 0.3 is 0 Å². The minimum absolute atomic E-state index is 0.0342. The third kappa shape index (κ3) is 0.871. The van der Waals surface area contributed by atoms with E-state index in [-0.39, 0.29) is 40.3 Å². The van der Waals surface area contributed by atoms with Crippen LogP contribution in [0.2, 0.25) is 0 Å². The molecule has 0 aromatic rings. The van der Waals surface area contributed by atoms with Crippen LogP contribution in [0.5, 0.6) is 0 Å². The zero-order valence-electron chi connectivity index (χ0n) is 7.44. The van der Waals surface area contributed by atoms with Crippen LogP contribution in [0, 0.1) is 23.7 Å². The minimum atomic E-state index is -0.157. The Morgan fingerprint density at radius 1 is 1.14 bits per heavy atom. The van der Waals surface area contributed by atoms with Crippen molar-refractivity contribution in [3.63, 3.8) is 0 Å². The zero-order valence-corrected chi connectivity index (χ0v) is 8.20. The number of Topliss-reactive ketones (excluding diaryl/α,β-unsaturated/α-hetero) is 1. The van der Waals surface area contributed by atoms with Gasteiger partial charge in [-0.1, -0.05) is 23.8 Å². The van der Waals surface area contributed by atoms with Crippen molar-refractivity contribution in [3.8, 4) is 0 Å². The monoisotopic (exact) mass is 208 g/mol. The Kier molecular flexibility index (Phi) is 1.55. The third-order valence-corrected chi connectivity index (χ3v) is 3.89. The Bertz CT molecular complexity index is 394. The van der Waals surface area contributed by atoms with Crippen molar-refractivity contribution in [2.75, 3.05) is 0 Å². The van der Waals surface area contributed by atoms with Gasteiger partial charge in [0.2, 0.25) is 0 Å². The second kappa shape index (κ2) is 2.57. The first-order valence-corrected chi connectivity index (χ1v) is 5.20. The maximum absolute atomic E-state index is 11.8. The fourth-order valence-electron chi connectivity index (χ4n) is 3.02. The van der Waals surface area contributed by atoms with E-state index in [2.05, 4.69) is 12.2 Å². The maximum atomic E-state index is 11.8. The predicted octanol–water partition coefficient (Wildman–Crippen LogP) is 1.70. The van der Waals surface area contributed by atoms with Gasteiger partial charge in [-0.15, -0.1) is 0 Å². The topological polar surface area (TPSA) is 34.1 Å². The molecular formula is C11H9ClO2. The molecule has 3 rings (SSSR count). The highest BCUT2D eigenvalue weighted by Crippen LogP contribution is 2.51. The molecule has 14 heavy (non-hydrogen) atoms. The van der Waals surface area contributed by atoms with Gasteiger partial charge in [0.15, 0.2) is 11.6 Å². The van der Waals surface area contributed by atoms with Gasteiger partial charge in [0.1, 0.15) is 0 Å². The fourth-order valence-corrected chi connectivity index (χ4v) is 3.25. The summed E-state index contributed by atoms with van der Waals surface area (Å²) in [5.41, 5.74) is 0. The summed E-state index contributed by atoms with van der Waals surface area (Å²) in [7, 11) is 0. The number of fused-ring (bicyclic) bond motifs is 5. The molecule has 0 saturated heterocycles. The molecule has 3 aliphatic carbocycles. The highest BCUT2D eigenvalue weighted by molar-refractivity contribution is 6.45. The number of carbonyl (C=O) groups excluding carboxylic acids is 2. The van der Waals surface area contributed by atoms with Crippen LogP contribution in [0.3, 0.4) is 0 Å². The lowest BCUT2D eigenvalue weighted by Gasteiger charge is -2.27. The summed E-state index contributed by atoms with van der Waals surface area (Å²) in [5, 5.41) is 0.122.